The number of aliphatic hydroxyl groups excluding tert-OH is 5. The molecule has 1 saturated heterocycles. The van der Waals surface area contributed by atoms with Crippen LogP contribution in [0.2, 0.25) is 0 Å². The first-order valence-electron chi connectivity index (χ1n) is 29.4. The van der Waals surface area contributed by atoms with E-state index in [9.17, 15) is 30.3 Å². The van der Waals surface area contributed by atoms with Gasteiger partial charge in [0.05, 0.1) is 25.4 Å². The number of hydrogen-bond acceptors (Lipinski definition) is 8. The molecule has 7 atom stereocenters. The third kappa shape index (κ3) is 38.3. The summed E-state index contributed by atoms with van der Waals surface area (Å²) in [4.78, 5) is 13.0. The van der Waals surface area contributed by atoms with E-state index < -0.39 is 49.5 Å². The standard InChI is InChI=1S/C58H113NO8/c1-3-5-7-9-11-13-15-17-18-19-20-21-22-23-24-25-26-27-28-29-30-31-32-33-34-36-37-39-41-43-45-47-52(61)51(50-66-58-57(65)56(64)55(63)53(49-60)67-58)59-54(62)48-46-44-42-40-38-35-16-14-12-10-8-6-4-2/h14,16,51-53,55-58,60-61,63-65H,3-13,15,17-50H2,1-2H3,(H,59,62)/b16-14-. The lowest BCUT2D eigenvalue weighted by atomic mass is 9.99. The minimum atomic E-state index is -1.55. The van der Waals surface area contributed by atoms with Crippen LogP contribution in [-0.2, 0) is 14.3 Å². The number of unbranched alkanes of at least 4 members (excludes halogenated alkanes) is 39. The zero-order chi connectivity index (χ0) is 48.7. The third-order valence-corrected chi connectivity index (χ3v) is 14.4. The van der Waals surface area contributed by atoms with E-state index in [0.717, 1.165) is 51.4 Å². The van der Waals surface area contributed by atoms with Gasteiger partial charge in [0, 0.05) is 6.42 Å². The van der Waals surface area contributed by atoms with E-state index in [4.69, 9.17) is 9.47 Å². The molecule has 0 aromatic carbocycles. The Balaban J connectivity index is 2.11. The van der Waals surface area contributed by atoms with Gasteiger partial charge in [0.25, 0.3) is 0 Å². The van der Waals surface area contributed by atoms with E-state index in [1.165, 1.54) is 218 Å². The molecule has 6 N–H and O–H groups in total. The van der Waals surface area contributed by atoms with E-state index in [-0.39, 0.29) is 12.5 Å². The molecule has 0 bridgehead atoms. The van der Waals surface area contributed by atoms with Gasteiger partial charge in [0.1, 0.15) is 24.4 Å². The first kappa shape index (κ1) is 63.9. The van der Waals surface area contributed by atoms with Crippen LogP contribution in [0.5, 0.6) is 0 Å². The summed E-state index contributed by atoms with van der Waals surface area (Å²) in [5.41, 5.74) is 0. The van der Waals surface area contributed by atoms with Crippen molar-refractivity contribution in [1.82, 2.24) is 5.32 Å². The van der Waals surface area contributed by atoms with Crippen molar-refractivity contribution in [2.75, 3.05) is 13.2 Å². The number of aliphatic hydroxyl groups is 5. The normalized spacial score (nSPS) is 19.7. The number of rotatable bonds is 51. The molecule has 0 radical (unpaired) electrons. The molecule has 1 aliphatic heterocycles. The molecule has 0 aromatic heterocycles. The maximum absolute atomic E-state index is 13.0. The summed E-state index contributed by atoms with van der Waals surface area (Å²) in [5.74, 6) is -0.150. The van der Waals surface area contributed by atoms with Crippen LogP contribution >= 0.6 is 0 Å². The summed E-state index contributed by atoms with van der Waals surface area (Å²) in [6.07, 6.45) is 52.6. The number of hydrogen-bond donors (Lipinski definition) is 6. The molecule has 67 heavy (non-hydrogen) atoms. The smallest absolute Gasteiger partial charge is 0.220 e. The van der Waals surface area contributed by atoms with Gasteiger partial charge in [-0.15, -0.1) is 0 Å². The molecule has 0 aromatic rings. The Morgan fingerprint density at radius 3 is 1.22 bits per heavy atom. The van der Waals surface area contributed by atoms with Gasteiger partial charge in [-0.3, -0.25) is 4.79 Å². The molecule has 7 unspecified atom stereocenters. The highest BCUT2D eigenvalue weighted by molar-refractivity contribution is 5.76. The maximum Gasteiger partial charge on any atom is 0.220 e. The molecule has 1 aliphatic rings. The summed E-state index contributed by atoms with van der Waals surface area (Å²) in [7, 11) is 0. The Hall–Kier alpha value is -1.07. The van der Waals surface area contributed by atoms with Crippen molar-refractivity contribution in [2.45, 2.75) is 339 Å². The predicted molar refractivity (Wildman–Crippen MR) is 281 cm³/mol. The third-order valence-electron chi connectivity index (χ3n) is 14.4. The summed E-state index contributed by atoms with van der Waals surface area (Å²) < 4.78 is 11.3. The monoisotopic (exact) mass is 952 g/mol. The zero-order valence-electron chi connectivity index (χ0n) is 44.2. The Bertz CT molecular complexity index is 1060. The zero-order valence-corrected chi connectivity index (χ0v) is 44.2. The Morgan fingerprint density at radius 2 is 0.836 bits per heavy atom. The van der Waals surface area contributed by atoms with Crippen LogP contribution in [0.4, 0.5) is 0 Å². The van der Waals surface area contributed by atoms with Gasteiger partial charge < -0.3 is 40.3 Å². The highest BCUT2D eigenvalue weighted by Crippen LogP contribution is 2.23. The van der Waals surface area contributed by atoms with Crippen LogP contribution in [0.3, 0.4) is 0 Å². The molecule has 398 valence electrons. The lowest BCUT2D eigenvalue weighted by Crippen LogP contribution is -2.60. The van der Waals surface area contributed by atoms with Gasteiger partial charge in [-0.25, -0.2) is 0 Å². The highest BCUT2D eigenvalue weighted by atomic mass is 16.7. The fourth-order valence-electron chi connectivity index (χ4n) is 9.69. The first-order valence-corrected chi connectivity index (χ1v) is 29.4. The van der Waals surface area contributed by atoms with E-state index >= 15 is 0 Å². The maximum atomic E-state index is 13.0. The molecule has 0 saturated carbocycles. The second kappa shape index (κ2) is 48.6. The predicted octanol–water partition coefficient (Wildman–Crippen LogP) is 14.4. The van der Waals surface area contributed by atoms with Gasteiger partial charge in [0.15, 0.2) is 6.29 Å². The molecular formula is C58H113NO8. The fraction of sp³-hybridized carbons (Fsp3) is 0.948. The molecule has 0 aliphatic carbocycles. The van der Waals surface area contributed by atoms with E-state index in [1.807, 2.05) is 0 Å². The van der Waals surface area contributed by atoms with Crippen molar-refractivity contribution >= 4 is 5.91 Å². The average Bonchev–Trinajstić information content (AvgIpc) is 3.33. The van der Waals surface area contributed by atoms with Crippen molar-refractivity contribution in [3.05, 3.63) is 12.2 Å². The Kier molecular flexibility index (Phi) is 46.3. The van der Waals surface area contributed by atoms with Gasteiger partial charge >= 0.3 is 0 Å². The lowest BCUT2D eigenvalue weighted by Gasteiger charge is -2.40. The van der Waals surface area contributed by atoms with Gasteiger partial charge in [-0.1, -0.05) is 264 Å². The van der Waals surface area contributed by atoms with Gasteiger partial charge in [-0.05, 0) is 38.5 Å². The van der Waals surface area contributed by atoms with E-state index in [0.29, 0.717) is 12.8 Å². The molecule has 1 rings (SSSR count). The van der Waals surface area contributed by atoms with Crippen molar-refractivity contribution in [3.8, 4) is 0 Å². The summed E-state index contributed by atoms with van der Waals surface area (Å²) in [6, 6.07) is -0.720. The second-order valence-electron chi connectivity index (χ2n) is 20.8. The highest BCUT2D eigenvalue weighted by Gasteiger charge is 2.44. The molecule has 1 amide bonds. The van der Waals surface area contributed by atoms with E-state index in [2.05, 4.69) is 31.3 Å². The van der Waals surface area contributed by atoms with Gasteiger partial charge in [-0.2, -0.15) is 0 Å². The molecule has 1 fully saturated rings. The molecule has 9 nitrogen and oxygen atoms in total. The van der Waals surface area contributed by atoms with Crippen molar-refractivity contribution in [2.24, 2.45) is 0 Å². The van der Waals surface area contributed by atoms with E-state index in [1.54, 1.807) is 0 Å². The number of amides is 1. The summed E-state index contributed by atoms with van der Waals surface area (Å²) >= 11 is 0. The van der Waals surface area contributed by atoms with Crippen molar-refractivity contribution in [3.63, 3.8) is 0 Å². The summed E-state index contributed by atoms with van der Waals surface area (Å²) in [6.45, 7) is 3.85. The van der Waals surface area contributed by atoms with Crippen LogP contribution in [0.1, 0.15) is 296 Å². The van der Waals surface area contributed by atoms with Crippen LogP contribution in [0.25, 0.3) is 0 Å². The number of ether oxygens (including phenoxy) is 2. The minimum Gasteiger partial charge on any atom is -0.394 e. The van der Waals surface area contributed by atoms with Crippen molar-refractivity contribution in [1.29, 1.82) is 0 Å². The summed E-state index contributed by atoms with van der Waals surface area (Å²) in [5, 5.41) is 54.6. The SMILES string of the molecule is CCCCCC/C=C\CCCCCCCC(=O)NC(COC1OC(CO)C(O)C(O)C1O)C(O)CCCCCCCCCCCCCCCCCCCCCCCCCCCCCCCCC. The molecule has 1 heterocycles. The Labute approximate surface area is 414 Å². The number of carbonyl (C=O) groups is 1. The number of allylic oxidation sites excluding steroid dienone is 2. The van der Waals surface area contributed by atoms with Crippen LogP contribution in [-0.4, -0.2) is 87.5 Å². The Morgan fingerprint density at radius 1 is 0.493 bits per heavy atom. The molecule has 0 spiro atoms. The second-order valence-corrected chi connectivity index (χ2v) is 20.8. The topological polar surface area (TPSA) is 149 Å². The first-order chi connectivity index (χ1) is 32.8. The number of carbonyl (C=O) groups excluding carboxylic acids is 1. The van der Waals surface area contributed by atoms with Crippen LogP contribution in [0.15, 0.2) is 12.2 Å². The fourth-order valence-corrected chi connectivity index (χ4v) is 9.69. The quantitative estimate of drug-likeness (QED) is 0.0261. The van der Waals surface area contributed by atoms with Crippen LogP contribution < -0.4 is 5.32 Å². The number of nitrogens with one attached hydrogen (secondary N) is 1. The van der Waals surface area contributed by atoms with Crippen molar-refractivity contribution < 1.29 is 39.8 Å². The molecule has 9 heteroatoms. The molecular weight excluding hydrogens is 839 g/mol. The van der Waals surface area contributed by atoms with Gasteiger partial charge in [0.2, 0.25) is 5.91 Å². The lowest BCUT2D eigenvalue weighted by molar-refractivity contribution is -0.302. The van der Waals surface area contributed by atoms with Crippen LogP contribution in [0, 0.1) is 0 Å². The average molecular weight is 953 g/mol. The minimum absolute atomic E-state index is 0.138. The largest absolute Gasteiger partial charge is 0.394 e.